The van der Waals surface area contributed by atoms with Crippen LogP contribution < -0.4 is 5.73 Å². The molecule has 3 rings (SSSR count). The van der Waals surface area contributed by atoms with Gasteiger partial charge in [-0.25, -0.2) is 0 Å². The van der Waals surface area contributed by atoms with Crippen LogP contribution in [0, 0.1) is 0 Å². The van der Waals surface area contributed by atoms with Crippen molar-refractivity contribution in [2.24, 2.45) is 5.73 Å². The van der Waals surface area contributed by atoms with E-state index in [4.69, 9.17) is 28.9 Å². The summed E-state index contributed by atoms with van der Waals surface area (Å²) in [4.78, 5) is 2.65. The van der Waals surface area contributed by atoms with Crippen LogP contribution in [0.2, 0.25) is 10.0 Å². The average molecular weight is 330 g/mol. The molecule has 0 radical (unpaired) electrons. The van der Waals surface area contributed by atoms with Crippen molar-refractivity contribution in [2.75, 3.05) is 5.75 Å². The zero-order chi connectivity index (χ0) is 13.4. The highest BCUT2D eigenvalue weighted by Crippen LogP contribution is 2.38. The van der Waals surface area contributed by atoms with E-state index in [1.807, 2.05) is 35.2 Å². The Hall–Kier alpha value is -0.190. The molecule has 0 fully saturated rings. The van der Waals surface area contributed by atoms with Crippen molar-refractivity contribution in [3.63, 3.8) is 0 Å². The largest absolute Gasteiger partial charge is 0.320 e. The Morgan fingerprint density at radius 2 is 2.11 bits per heavy atom. The van der Waals surface area contributed by atoms with Crippen LogP contribution in [-0.4, -0.2) is 5.75 Å². The second-order valence-electron chi connectivity index (χ2n) is 4.52. The molecule has 2 N–H and O–H groups in total. The Balaban J connectivity index is 1.97. The molecule has 1 unspecified atom stereocenters. The first-order valence-electron chi connectivity index (χ1n) is 6.05. The molecular weight excluding hydrogens is 317 g/mol. The van der Waals surface area contributed by atoms with Gasteiger partial charge in [0.1, 0.15) is 0 Å². The van der Waals surface area contributed by atoms with Gasteiger partial charge in [0, 0.05) is 15.5 Å². The molecule has 1 atom stereocenters. The SMILES string of the molecule is NC(c1cc2c(s1)CCSC2)c1cccc(Cl)c1Cl. The first-order chi connectivity index (χ1) is 9.16. The summed E-state index contributed by atoms with van der Waals surface area (Å²) in [6, 6.07) is 7.68. The number of benzene rings is 1. The second kappa shape index (κ2) is 5.66. The molecule has 0 spiro atoms. The third-order valence-electron chi connectivity index (χ3n) is 3.27. The molecule has 1 aromatic heterocycles. The number of hydrogen-bond acceptors (Lipinski definition) is 3. The molecule has 1 aliphatic heterocycles. The lowest BCUT2D eigenvalue weighted by Crippen LogP contribution is -2.10. The van der Waals surface area contributed by atoms with Gasteiger partial charge in [-0.3, -0.25) is 0 Å². The standard InChI is InChI=1S/C14H13Cl2NS2/c15-10-3-1-2-9(13(10)16)14(17)12-6-8-7-18-5-4-11(8)19-12/h1-3,6,14H,4-5,7,17H2. The first kappa shape index (κ1) is 13.8. The fourth-order valence-electron chi connectivity index (χ4n) is 2.24. The van der Waals surface area contributed by atoms with E-state index in [-0.39, 0.29) is 6.04 Å². The minimum Gasteiger partial charge on any atom is -0.320 e. The van der Waals surface area contributed by atoms with Gasteiger partial charge in [0.15, 0.2) is 0 Å². The summed E-state index contributed by atoms with van der Waals surface area (Å²) < 4.78 is 0. The van der Waals surface area contributed by atoms with Gasteiger partial charge in [-0.05, 0) is 35.4 Å². The van der Waals surface area contributed by atoms with Crippen molar-refractivity contribution in [3.05, 3.63) is 55.2 Å². The van der Waals surface area contributed by atoms with E-state index in [2.05, 4.69) is 6.07 Å². The summed E-state index contributed by atoms with van der Waals surface area (Å²) in [5.74, 6) is 2.31. The Morgan fingerprint density at radius 1 is 1.26 bits per heavy atom. The van der Waals surface area contributed by atoms with Gasteiger partial charge in [-0.1, -0.05) is 35.3 Å². The predicted octanol–water partition coefficient (Wildman–Crippen LogP) is 4.89. The molecule has 19 heavy (non-hydrogen) atoms. The normalized spacial score (nSPS) is 16.2. The van der Waals surface area contributed by atoms with Crippen LogP contribution >= 0.6 is 46.3 Å². The fraction of sp³-hybridized carbons (Fsp3) is 0.286. The van der Waals surface area contributed by atoms with Crippen LogP contribution in [0.4, 0.5) is 0 Å². The van der Waals surface area contributed by atoms with Crippen molar-refractivity contribution in [3.8, 4) is 0 Å². The van der Waals surface area contributed by atoms with Gasteiger partial charge in [0.2, 0.25) is 0 Å². The summed E-state index contributed by atoms with van der Waals surface area (Å²) in [5, 5.41) is 1.13. The first-order valence-corrected chi connectivity index (χ1v) is 8.78. The van der Waals surface area contributed by atoms with E-state index in [1.54, 1.807) is 6.07 Å². The topological polar surface area (TPSA) is 26.0 Å². The van der Waals surface area contributed by atoms with Gasteiger partial charge in [-0.2, -0.15) is 11.8 Å². The maximum atomic E-state index is 6.36. The molecule has 0 amide bonds. The highest BCUT2D eigenvalue weighted by atomic mass is 35.5. The second-order valence-corrected chi connectivity index (χ2v) is 7.58. The van der Waals surface area contributed by atoms with Crippen LogP contribution in [0.5, 0.6) is 0 Å². The van der Waals surface area contributed by atoms with Gasteiger partial charge >= 0.3 is 0 Å². The molecule has 2 heterocycles. The van der Waals surface area contributed by atoms with Crippen LogP contribution in [-0.2, 0) is 12.2 Å². The molecule has 1 aromatic carbocycles. The van der Waals surface area contributed by atoms with Gasteiger partial charge in [0.05, 0.1) is 16.1 Å². The lowest BCUT2D eigenvalue weighted by Gasteiger charge is -2.12. The Morgan fingerprint density at radius 3 is 2.89 bits per heavy atom. The number of fused-ring (bicyclic) bond motifs is 1. The molecule has 1 nitrogen and oxygen atoms in total. The number of halogens is 2. The molecule has 0 saturated heterocycles. The summed E-state index contributed by atoms with van der Waals surface area (Å²) in [6.45, 7) is 0. The van der Waals surface area contributed by atoms with Crippen molar-refractivity contribution in [1.29, 1.82) is 0 Å². The minimum atomic E-state index is -0.188. The zero-order valence-corrected chi connectivity index (χ0v) is 13.3. The average Bonchev–Trinajstić information content (AvgIpc) is 2.85. The summed E-state index contributed by atoms with van der Waals surface area (Å²) in [6.07, 6.45) is 1.15. The zero-order valence-electron chi connectivity index (χ0n) is 10.2. The third kappa shape index (κ3) is 2.67. The van der Waals surface area contributed by atoms with E-state index in [0.717, 1.165) is 17.7 Å². The molecule has 0 aliphatic carbocycles. The number of thioether (sulfide) groups is 1. The molecule has 2 aromatic rings. The summed E-state index contributed by atoms with van der Waals surface area (Å²) in [5.41, 5.74) is 8.70. The molecule has 1 aliphatic rings. The molecule has 0 saturated carbocycles. The van der Waals surface area contributed by atoms with Crippen molar-refractivity contribution < 1.29 is 0 Å². The van der Waals surface area contributed by atoms with E-state index in [9.17, 15) is 0 Å². The number of rotatable bonds is 2. The predicted molar refractivity (Wildman–Crippen MR) is 86.7 cm³/mol. The maximum absolute atomic E-state index is 6.36. The molecule has 5 heteroatoms. The molecule has 0 bridgehead atoms. The minimum absolute atomic E-state index is 0.188. The number of nitrogens with two attached hydrogens (primary N) is 1. The molecule has 100 valence electrons. The summed E-state index contributed by atoms with van der Waals surface area (Å²) >= 11 is 16.1. The smallest absolute Gasteiger partial charge is 0.0661 e. The Labute approximate surface area is 131 Å². The van der Waals surface area contributed by atoms with Gasteiger partial charge < -0.3 is 5.73 Å². The third-order valence-corrected chi connectivity index (χ3v) is 6.43. The number of hydrogen-bond donors (Lipinski definition) is 1. The van der Waals surface area contributed by atoms with E-state index in [0.29, 0.717) is 10.0 Å². The van der Waals surface area contributed by atoms with Crippen LogP contribution in [0.15, 0.2) is 24.3 Å². The number of thiophene rings is 1. The van der Waals surface area contributed by atoms with Crippen LogP contribution in [0.1, 0.15) is 26.9 Å². The lowest BCUT2D eigenvalue weighted by molar-refractivity contribution is 0.893. The van der Waals surface area contributed by atoms with E-state index >= 15 is 0 Å². The lowest BCUT2D eigenvalue weighted by atomic mass is 10.1. The van der Waals surface area contributed by atoms with Crippen LogP contribution in [0.3, 0.4) is 0 Å². The van der Waals surface area contributed by atoms with Crippen LogP contribution in [0.25, 0.3) is 0 Å². The number of aryl methyl sites for hydroxylation is 1. The van der Waals surface area contributed by atoms with Crippen molar-refractivity contribution in [1.82, 2.24) is 0 Å². The highest BCUT2D eigenvalue weighted by molar-refractivity contribution is 7.98. The van der Waals surface area contributed by atoms with Crippen molar-refractivity contribution >= 4 is 46.3 Å². The highest BCUT2D eigenvalue weighted by Gasteiger charge is 2.20. The molecular formula is C14H13Cl2NS2. The van der Waals surface area contributed by atoms with Crippen molar-refractivity contribution in [2.45, 2.75) is 18.2 Å². The maximum Gasteiger partial charge on any atom is 0.0661 e. The quantitative estimate of drug-likeness (QED) is 0.848. The van der Waals surface area contributed by atoms with Gasteiger partial charge in [-0.15, -0.1) is 11.3 Å². The monoisotopic (exact) mass is 329 g/mol. The van der Waals surface area contributed by atoms with Gasteiger partial charge in [0.25, 0.3) is 0 Å². The van der Waals surface area contributed by atoms with E-state index < -0.39 is 0 Å². The summed E-state index contributed by atoms with van der Waals surface area (Å²) in [7, 11) is 0. The Kier molecular flexibility index (Phi) is 4.11. The fourth-order valence-corrected chi connectivity index (χ4v) is 5.06. The van der Waals surface area contributed by atoms with E-state index in [1.165, 1.54) is 21.1 Å². The Bertz CT molecular complexity index is 586.